The fraction of sp³-hybridized carbons (Fsp3) is 0.333. The molecule has 0 atom stereocenters. The largest absolute Gasteiger partial charge is 0.294 e. The van der Waals surface area contributed by atoms with Crippen LogP contribution in [0.2, 0.25) is 0 Å². The van der Waals surface area contributed by atoms with Crippen LogP contribution < -0.4 is 0 Å². The lowest BCUT2D eigenvalue weighted by Crippen LogP contribution is -2.06. The van der Waals surface area contributed by atoms with Crippen molar-refractivity contribution >= 4 is 17.1 Å². The predicted octanol–water partition coefficient (Wildman–Crippen LogP) is 3.80. The molecule has 0 saturated carbocycles. The molecule has 1 aromatic heterocycles. The maximum Gasteiger partial charge on any atom is 0.169 e. The Balaban J connectivity index is 2.24. The van der Waals surface area contributed by atoms with Gasteiger partial charge in [-0.2, -0.15) is 0 Å². The molecule has 1 aromatic carbocycles. The van der Waals surface area contributed by atoms with E-state index in [0.29, 0.717) is 6.42 Å². The van der Waals surface area contributed by atoms with Crippen LogP contribution in [-0.4, -0.2) is 10.8 Å². The summed E-state index contributed by atoms with van der Waals surface area (Å²) in [5, 5.41) is 0.913. The average Bonchev–Trinajstić information content (AvgIpc) is 2.61. The summed E-state index contributed by atoms with van der Waals surface area (Å²) < 4.78 is 0. The summed E-state index contributed by atoms with van der Waals surface area (Å²) in [7, 11) is 0. The molecule has 3 heteroatoms. The van der Waals surface area contributed by atoms with Crippen LogP contribution in [0.1, 0.15) is 37.1 Å². The maximum atomic E-state index is 12.3. The lowest BCUT2D eigenvalue weighted by molar-refractivity contribution is 0.0992. The van der Waals surface area contributed by atoms with E-state index in [1.165, 1.54) is 4.88 Å². The minimum absolute atomic E-state index is 0.157. The molecule has 0 unspecified atom stereocenters. The molecule has 2 aromatic rings. The van der Waals surface area contributed by atoms with Crippen LogP contribution in [0.5, 0.6) is 0 Å². The highest BCUT2D eigenvalue weighted by molar-refractivity contribution is 7.11. The number of carbonyl (C=O) groups excluding carboxylic acids is 1. The molecule has 0 aliphatic rings. The fourth-order valence-electron chi connectivity index (χ4n) is 1.90. The van der Waals surface area contributed by atoms with Crippen molar-refractivity contribution in [2.75, 3.05) is 0 Å². The zero-order chi connectivity index (χ0) is 13.3. The van der Waals surface area contributed by atoms with Crippen LogP contribution in [0.25, 0.3) is 0 Å². The number of benzene rings is 1. The van der Waals surface area contributed by atoms with E-state index in [-0.39, 0.29) is 5.78 Å². The van der Waals surface area contributed by atoms with Gasteiger partial charge >= 0.3 is 0 Å². The Kier molecular flexibility index (Phi) is 3.62. The van der Waals surface area contributed by atoms with E-state index in [9.17, 15) is 4.79 Å². The highest BCUT2D eigenvalue weighted by Crippen LogP contribution is 2.20. The number of hydrogen-bond acceptors (Lipinski definition) is 3. The van der Waals surface area contributed by atoms with E-state index >= 15 is 0 Å². The summed E-state index contributed by atoms with van der Waals surface area (Å²) in [5.41, 5.74) is 4.09. The van der Waals surface area contributed by atoms with E-state index in [2.05, 4.69) is 4.98 Å². The third-order valence-electron chi connectivity index (χ3n) is 3.29. The van der Waals surface area contributed by atoms with Gasteiger partial charge in [0.1, 0.15) is 5.01 Å². The first-order valence-corrected chi connectivity index (χ1v) is 6.83. The summed E-state index contributed by atoms with van der Waals surface area (Å²) in [6.45, 7) is 8.06. The molecular formula is C15H17NOS. The van der Waals surface area contributed by atoms with Crippen molar-refractivity contribution in [2.45, 2.75) is 34.1 Å². The van der Waals surface area contributed by atoms with Crippen molar-refractivity contribution < 1.29 is 4.79 Å². The van der Waals surface area contributed by atoms with Crippen LogP contribution >= 0.6 is 11.3 Å². The summed E-state index contributed by atoms with van der Waals surface area (Å²) >= 11 is 1.62. The van der Waals surface area contributed by atoms with Crippen molar-refractivity contribution in [3.63, 3.8) is 0 Å². The quantitative estimate of drug-likeness (QED) is 0.785. The first-order valence-electron chi connectivity index (χ1n) is 6.01. The lowest BCUT2D eigenvalue weighted by atomic mass is 9.99. The van der Waals surface area contributed by atoms with E-state index < -0.39 is 0 Å². The number of aryl methyl sites for hydroxylation is 3. The number of rotatable bonds is 3. The fourth-order valence-corrected chi connectivity index (χ4v) is 2.83. The van der Waals surface area contributed by atoms with E-state index in [1.54, 1.807) is 11.3 Å². The van der Waals surface area contributed by atoms with Crippen LogP contribution in [0.3, 0.4) is 0 Å². The number of Topliss-reactive ketones (excluding diaryl/α,β-unsaturated/α-hetero) is 1. The second kappa shape index (κ2) is 5.02. The van der Waals surface area contributed by atoms with Crippen molar-refractivity contribution in [3.05, 3.63) is 50.5 Å². The van der Waals surface area contributed by atoms with E-state index in [1.807, 2.05) is 45.9 Å². The van der Waals surface area contributed by atoms with Gasteiger partial charge in [-0.25, -0.2) is 4.98 Å². The predicted molar refractivity (Wildman–Crippen MR) is 75.5 cm³/mol. The van der Waals surface area contributed by atoms with Gasteiger partial charge in [-0.1, -0.05) is 18.2 Å². The molecule has 94 valence electrons. The Bertz CT molecular complexity index is 579. The average molecular weight is 259 g/mol. The molecule has 0 bridgehead atoms. The minimum atomic E-state index is 0.157. The number of carbonyl (C=O) groups is 1. The Morgan fingerprint density at radius 3 is 2.56 bits per heavy atom. The Morgan fingerprint density at radius 1 is 1.22 bits per heavy atom. The highest BCUT2D eigenvalue weighted by atomic mass is 32.1. The van der Waals surface area contributed by atoms with Crippen molar-refractivity contribution in [2.24, 2.45) is 0 Å². The second-order valence-electron chi connectivity index (χ2n) is 4.60. The van der Waals surface area contributed by atoms with Gasteiger partial charge in [-0.15, -0.1) is 11.3 Å². The zero-order valence-corrected chi connectivity index (χ0v) is 12.0. The third kappa shape index (κ3) is 2.51. The van der Waals surface area contributed by atoms with Crippen LogP contribution in [0.4, 0.5) is 0 Å². The van der Waals surface area contributed by atoms with E-state index in [0.717, 1.165) is 27.4 Å². The lowest BCUT2D eigenvalue weighted by Gasteiger charge is -2.06. The topological polar surface area (TPSA) is 30.0 Å². The second-order valence-corrected chi connectivity index (χ2v) is 5.88. The zero-order valence-electron chi connectivity index (χ0n) is 11.2. The first-order chi connectivity index (χ1) is 8.49. The SMILES string of the molecule is Cc1cccc(C(=O)Cc2nc(C)c(C)s2)c1C. The molecule has 0 radical (unpaired) electrons. The minimum Gasteiger partial charge on any atom is -0.294 e. The molecule has 0 aliphatic heterocycles. The Hall–Kier alpha value is -1.48. The van der Waals surface area contributed by atoms with Crippen LogP contribution in [-0.2, 0) is 6.42 Å². The number of thiazole rings is 1. The first kappa shape index (κ1) is 13.0. The van der Waals surface area contributed by atoms with Gasteiger partial charge in [0.15, 0.2) is 5.78 Å². The monoisotopic (exact) mass is 259 g/mol. The van der Waals surface area contributed by atoms with E-state index in [4.69, 9.17) is 0 Å². The number of hydrogen-bond donors (Lipinski definition) is 0. The number of aromatic nitrogens is 1. The molecule has 0 aliphatic carbocycles. The molecular weight excluding hydrogens is 242 g/mol. The standard InChI is InChI=1S/C15H17NOS/c1-9-6-5-7-13(10(9)2)14(17)8-15-16-11(3)12(4)18-15/h5-7H,8H2,1-4H3. The molecule has 0 saturated heterocycles. The Morgan fingerprint density at radius 2 is 1.94 bits per heavy atom. The summed E-state index contributed by atoms with van der Waals surface area (Å²) in [6, 6.07) is 5.87. The Labute approximate surface area is 112 Å². The molecule has 0 spiro atoms. The van der Waals surface area contributed by atoms with Crippen LogP contribution in [0.15, 0.2) is 18.2 Å². The van der Waals surface area contributed by atoms with Crippen LogP contribution in [0, 0.1) is 27.7 Å². The molecule has 0 N–H and O–H groups in total. The number of ketones is 1. The summed E-state index contributed by atoms with van der Waals surface area (Å²) in [6.07, 6.45) is 0.406. The van der Waals surface area contributed by atoms with Gasteiger partial charge in [0.05, 0.1) is 12.1 Å². The molecule has 0 amide bonds. The van der Waals surface area contributed by atoms with Crippen molar-refractivity contribution in [1.29, 1.82) is 0 Å². The van der Waals surface area contributed by atoms with Gasteiger partial charge in [0.25, 0.3) is 0 Å². The molecule has 2 nitrogen and oxygen atoms in total. The molecule has 18 heavy (non-hydrogen) atoms. The molecule has 0 fully saturated rings. The molecule has 1 heterocycles. The highest BCUT2D eigenvalue weighted by Gasteiger charge is 2.13. The van der Waals surface area contributed by atoms with Crippen molar-refractivity contribution in [3.8, 4) is 0 Å². The summed E-state index contributed by atoms with van der Waals surface area (Å²) in [4.78, 5) is 17.9. The van der Waals surface area contributed by atoms with Gasteiger partial charge < -0.3 is 0 Å². The van der Waals surface area contributed by atoms with Gasteiger partial charge in [0.2, 0.25) is 0 Å². The summed E-state index contributed by atoms with van der Waals surface area (Å²) in [5.74, 6) is 0.157. The van der Waals surface area contributed by atoms with Crippen molar-refractivity contribution in [1.82, 2.24) is 4.98 Å². The number of nitrogens with zero attached hydrogens (tertiary/aromatic N) is 1. The van der Waals surface area contributed by atoms with Gasteiger partial charge in [-0.05, 0) is 38.8 Å². The smallest absolute Gasteiger partial charge is 0.169 e. The van der Waals surface area contributed by atoms with Gasteiger partial charge in [0, 0.05) is 10.4 Å². The third-order valence-corrected chi connectivity index (χ3v) is 4.36. The normalized spacial score (nSPS) is 10.7. The molecule has 2 rings (SSSR count). The maximum absolute atomic E-state index is 12.3. The van der Waals surface area contributed by atoms with Gasteiger partial charge in [-0.3, -0.25) is 4.79 Å².